The third-order valence-corrected chi connectivity index (χ3v) is 6.04. The molecule has 1 saturated heterocycles. The normalized spacial score (nSPS) is 22.2. The number of thiazole rings is 1. The van der Waals surface area contributed by atoms with Gasteiger partial charge in [-0.05, 0) is 41.8 Å². The zero-order valence-corrected chi connectivity index (χ0v) is 19.3. The minimum Gasteiger partial charge on any atom is -0.335 e. The van der Waals surface area contributed by atoms with Crippen molar-refractivity contribution in [3.63, 3.8) is 0 Å². The Hall–Kier alpha value is -4.43. The molecule has 0 atom stereocenters. The van der Waals surface area contributed by atoms with Crippen LogP contribution in [0.4, 0.5) is 8.78 Å². The fraction of sp³-hybridized carbons (Fsp3) is 0.192. The first-order valence-electron chi connectivity index (χ1n) is 14.4. The van der Waals surface area contributed by atoms with Crippen molar-refractivity contribution >= 4 is 33.9 Å². The molecular formula is C26H19F2N5O3S. The van der Waals surface area contributed by atoms with Crippen LogP contribution in [0.1, 0.15) is 48.1 Å². The maximum atomic E-state index is 15.1. The van der Waals surface area contributed by atoms with Gasteiger partial charge in [0.15, 0.2) is 5.01 Å². The number of carbonyl (C=O) groups excluding carboxylic acids is 2. The van der Waals surface area contributed by atoms with Crippen LogP contribution in [0.3, 0.4) is 0 Å². The molecular weight excluding hydrogens is 500 g/mol. The second-order valence-electron chi connectivity index (χ2n) is 7.59. The molecule has 8 nitrogen and oxygen atoms in total. The van der Waals surface area contributed by atoms with Gasteiger partial charge in [0.2, 0.25) is 0 Å². The number of hydrogen-bond donors (Lipinski definition) is 1. The number of halogens is 2. The van der Waals surface area contributed by atoms with Crippen molar-refractivity contribution in [3.05, 3.63) is 91.3 Å². The molecule has 0 saturated carbocycles. The maximum Gasteiger partial charge on any atom is 0.273 e. The van der Waals surface area contributed by atoms with Gasteiger partial charge in [0, 0.05) is 43.2 Å². The summed E-state index contributed by atoms with van der Waals surface area (Å²) in [6.45, 7) is -15.1. The van der Waals surface area contributed by atoms with Crippen LogP contribution in [0.2, 0.25) is 0 Å². The van der Waals surface area contributed by atoms with E-state index in [9.17, 15) is 18.8 Å². The van der Waals surface area contributed by atoms with Gasteiger partial charge in [0.1, 0.15) is 17.3 Å². The van der Waals surface area contributed by atoms with E-state index < -0.39 is 71.2 Å². The summed E-state index contributed by atoms with van der Waals surface area (Å²) < 4.78 is 96.8. The first-order chi connectivity index (χ1) is 20.9. The number of terminal acetylenes is 1. The second kappa shape index (κ2) is 9.91. The van der Waals surface area contributed by atoms with Gasteiger partial charge < -0.3 is 9.80 Å². The summed E-state index contributed by atoms with van der Waals surface area (Å²) in [5.41, 5.74) is -1.91. The number of aromatic nitrogens is 3. The van der Waals surface area contributed by atoms with Crippen LogP contribution in [-0.2, 0) is 6.42 Å². The van der Waals surface area contributed by atoms with Gasteiger partial charge in [-0.2, -0.15) is 5.10 Å². The number of amides is 2. The van der Waals surface area contributed by atoms with E-state index in [0.29, 0.717) is 0 Å². The molecule has 0 bridgehead atoms. The van der Waals surface area contributed by atoms with Gasteiger partial charge in [-0.15, -0.1) is 17.8 Å². The van der Waals surface area contributed by atoms with Crippen LogP contribution in [-0.4, -0.2) is 62.8 Å². The van der Waals surface area contributed by atoms with Crippen LogP contribution >= 0.6 is 11.3 Å². The summed E-state index contributed by atoms with van der Waals surface area (Å²) in [6, 6.07) is 6.29. The Morgan fingerprint density at radius 1 is 1.08 bits per heavy atom. The molecule has 1 fully saturated rings. The Labute approximate surface area is 224 Å². The standard InChI is InChI=1S/C26H19F2N5O3S/c1-2-23-29-22(14-37-23)26(36)33-9-7-32(8-10-33)25(35)19-11-15(3-6-20(19)28)12-21-17-5-4-16(27)13-18(17)24(34)31-30-21/h1,3-6,11,13-14H,7-10,12H2,(H,31,34)/i7D2,8D2,9D2,10D2. The monoisotopic (exact) mass is 527 g/mol. The van der Waals surface area contributed by atoms with E-state index in [0.717, 1.165) is 41.0 Å². The summed E-state index contributed by atoms with van der Waals surface area (Å²) in [4.78, 5) is 42.2. The summed E-state index contributed by atoms with van der Waals surface area (Å²) >= 11 is 0.778. The average molecular weight is 528 g/mol. The smallest absolute Gasteiger partial charge is 0.273 e. The highest BCUT2D eigenvalue weighted by Crippen LogP contribution is 2.21. The molecule has 0 unspecified atom stereocenters. The van der Waals surface area contributed by atoms with Gasteiger partial charge in [-0.25, -0.2) is 18.9 Å². The van der Waals surface area contributed by atoms with E-state index in [1.807, 2.05) is 0 Å². The topological polar surface area (TPSA) is 99.3 Å². The van der Waals surface area contributed by atoms with E-state index >= 15 is 4.39 Å². The summed E-state index contributed by atoms with van der Waals surface area (Å²) in [7, 11) is 0. The van der Waals surface area contributed by atoms with Crippen molar-refractivity contribution in [2.75, 3.05) is 26.0 Å². The number of carbonyl (C=O) groups is 2. The number of piperazine rings is 1. The van der Waals surface area contributed by atoms with Crippen LogP contribution in [0.5, 0.6) is 0 Å². The molecule has 4 aromatic rings. The fourth-order valence-electron chi connectivity index (χ4n) is 3.50. The quantitative estimate of drug-likeness (QED) is 0.412. The number of nitrogens with one attached hydrogen (secondary N) is 1. The molecule has 2 aromatic heterocycles. The third kappa shape index (κ3) is 4.83. The number of rotatable bonds is 4. The van der Waals surface area contributed by atoms with Crippen molar-refractivity contribution in [1.82, 2.24) is 25.0 Å². The number of fused-ring (bicyclic) bond motifs is 1. The van der Waals surface area contributed by atoms with Gasteiger partial charge >= 0.3 is 0 Å². The second-order valence-corrected chi connectivity index (χ2v) is 8.45. The summed E-state index contributed by atoms with van der Waals surface area (Å²) in [6.07, 6.45) is 5.06. The molecule has 3 heterocycles. The molecule has 0 spiro atoms. The number of benzene rings is 2. The Kier molecular flexibility index (Phi) is 4.38. The van der Waals surface area contributed by atoms with Crippen LogP contribution < -0.4 is 5.56 Å². The maximum absolute atomic E-state index is 15.1. The highest BCUT2D eigenvalue weighted by atomic mass is 32.1. The molecule has 1 N–H and O–H groups in total. The van der Waals surface area contributed by atoms with Crippen LogP contribution in [0.25, 0.3) is 10.8 Å². The molecule has 2 aromatic carbocycles. The Bertz CT molecular complexity index is 1970. The van der Waals surface area contributed by atoms with Crippen LogP contribution in [0.15, 0.2) is 46.6 Å². The van der Waals surface area contributed by atoms with Gasteiger partial charge in [0.05, 0.1) is 27.6 Å². The molecule has 0 aliphatic carbocycles. The average Bonchev–Trinajstić information content (AvgIpc) is 3.44. The van der Waals surface area contributed by atoms with Crippen LogP contribution in [0, 0.1) is 24.0 Å². The van der Waals surface area contributed by atoms with Gasteiger partial charge in [-0.1, -0.05) is 6.07 Å². The lowest BCUT2D eigenvalue weighted by atomic mass is 10.0. The van der Waals surface area contributed by atoms with Gasteiger partial charge in [0.25, 0.3) is 17.4 Å². The minimum atomic E-state index is -3.79. The first kappa shape index (κ1) is 16.3. The zero-order chi connectivity index (χ0) is 33.3. The van der Waals surface area contributed by atoms with E-state index in [1.165, 1.54) is 12.1 Å². The molecule has 11 heteroatoms. The largest absolute Gasteiger partial charge is 0.335 e. The number of H-pyrrole nitrogens is 1. The number of aromatic amines is 1. The SMILES string of the molecule is [2H]C1([2H])N(C(=O)c2csc(C#C)n2)C([2H])([2H])C([2H])([2H])N(C(=O)c2cc(Cc3n[nH]c(=O)c4cc(F)ccc34)ccc2F)C1([2H])[2H]. The molecule has 5 rings (SSSR count). The van der Waals surface area contributed by atoms with Gasteiger partial charge in [-0.3, -0.25) is 14.4 Å². The Morgan fingerprint density at radius 2 is 1.81 bits per heavy atom. The van der Waals surface area contributed by atoms with E-state index in [1.54, 1.807) is 0 Å². The Balaban J connectivity index is 1.57. The molecule has 0 radical (unpaired) electrons. The Morgan fingerprint density at radius 3 is 2.51 bits per heavy atom. The number of hydrogen-bond acceptors (Lipinski definition) is 6. The highest BCUT2D eigenvalue weighted by molar-refractivity contribution is 7.10. The van der Waals surface area contributed by atoms with Crippen molar-refractivity contribution in [3.8, 4) is 12.3 Å². The lowest BCUT2D eigenvalue weighted by Gasteiger charge is -2.34. The minimum absolute atomic E-state index is 0.0353. The third-order valence-electron chi connectivity index (χ3n) is 5.26. The molecule has 1 aliphatic rings. The predicted octanol–water partition coefficient (Wildman–Crippen LogP) is 2.83. The van der Waals surface area contributed by atoms with E-state index in [4.69, 9.17) is 17.4 Å². The van der Waals surface area contributed by atoms with Crippen molar-refractivity contribution in [2.24, 2.45) is 0 Å². The predicted molar refractivity (Wildman–Crippen MR) is 133 cm³/mol. The number of nitrogens with zero attached hydrogens (tertiary/aromatic N) is 4. The fourth-order valence-corrected chi connectivity index (χ4v) is 4.10. The molecule has 2 amide bonds. The van der Waals surface area contributed by atoms with Crippen molar-refractivity contribution < 1.29 is 29.3 Å². The van der Waals surface area contributed by atoms with Crippen molar-refractivity contribution in [1.29, 1.82) is 0 Å². The molecule has 186 valence electrons. The summed E-state index contributed by atoms with van der Waals surface area (Å²) in [5.74, 6) is -3.14. The first-order valence-corrected chi connectivity index (χ1v) is 11.3. The van der Waals surface area contributed by atoms with E-state index in [2.05, 4.69) is 21.1 Å². The highest BCUT2D eigenvalue weighted by Gasteiger charge is 2.28. The lowest BCUT2D eigenvalue weighted by Crippen LogP contribution is -2.50. The van der Waals surface area contributed by atoms with Crippen molar-refractivity contribution in [2.45, 2.75) is 6.42 Å². The lowest BCUT2D eigenvalue weighted by molar-refractivity contribution is 0.0530. The summed E-state index contributed by atoms with van der Waals surface area (Å²) in [5, 5.41) is 7.37. The molecule has 1 aliphatic heterocycles. The van der Waals surface area contributed by atoms with E-state index in [-0.39, 0.29) is 38.4 Å². The zero-order valence-electron chi connectivity index (χ0n) is 26.5. The molecule has 37 heavy (non-hydrogen) atoms.